The second kappa shape index (κ2) is 5.89. The van der Waals surface area contributed by atoms with Crippen LogP contribution in [0.3, 0.4) is 0 Å². The van der Waals surface area contributed by atoms with Crippen LogP contribution in [0.4, 0.5) is 10.8 Å². The zero-order valence-corrected chi connectivity index (χ0v) is 12.5. The SMILES string of the molecule is CCN(CCCN(C)C)c1snc(N)c1C1CC1. The number of anilines is 2. The van der Waals surface area contributed by atoms with Gasteiger partial charge >= 0.3 is 0 Å². The van der Waals surface area contributed by atoms with Gasteiger partial charge in [0, 0.05) is 18.7 Å². The highest BCUT2D eigenvalue weighted by Crippen LogP contribution is 2.48. The van der Waals surface area contributed by atoms with E-state index >= 15 is 0 Å². The van der Waals surface area contributed by atoms with Crippen LogP contribution in [0.2, 0.25) is 0 Å². The van der Waals surface area contributed by atoms with Crippen LogP contribution in [0.15, 0.2) is 0 Å². The molecule has 1 saturated carbocycles. The summed E-state index contributed by atoms with van der Waals surface area (Å²) in [6.07, 6.45) is 3.75. The maximum absolute atomic E-state index is 6.02. The molecule has 1 aromatic heterocycles. The molecule has 2 N–H and O–H groups in total. The Balaban J connectivity index is 2.02. The normalized spacial score (nSPS) is 15.3. The second-order valence-electron chi connectivity index (χ2n) is 5.30. The Morgan fingerprint density at radius 3 is 2.61 bits per heavy atom. The predicted molar refractivity (Wildman–Crippen MR) is 79.6 cm³/mol. The van der Waals surface area contributed by atoms with E-state index in [1.165, 1.54) is 29.8 Å². The lowest BCUT2D eigenvalue weighted by atomic mass is 10.2. The Labute approximate surface area is 114 Å². The molecule has 5 heteroatoms. The molecule has 1 aromatic rings. The van der Waals surface area contributed by atoms with Crippen molar-refractivity contribution >= 4 is 22.4 Å². The van der Waals surface area contributed by atoms with Crippen molar-refractivity contribution in [1.29, 1.82) is 0 Å². The lowest BCUT2D eigenvalue weighted by molar-refractivity contribution is 0.401. The van der Waals surface area contributed by atoms with Gasteiger partial charge in [0.1, 0.15) is 10.8 Å². The maximum Gasteiger partial charge on any atom is 0.142 e. The summed E-state index contributed by atoms with van der Waals surface area (Å²) in [6.45, 7) is 5.47. The molecule has 0 radical (unpaired) electrons. The van der Waals surface area contributed by atoms with Crippen LogP contribution in [0.5, 0.6) is 0 Å². The van der Waals surface area contributed by atoms with E-state index in [2.05, 4.69) is 35.2 Å². The van der Waals surface area contributed by atoms with Crippen molar-refractivity contribution in [1.82, 2.24) is 9.27 Å². The highest BCUT2D eigenvalue weighted by atomic mass is 32.1. The molecule has 18 heavy (non-hydrogen) atoms. The van der Waals surface area contributed by atoms with Gasteiger partial charge < -0.3 is 15.5 Å². The van der Waals surface area contributed by atoms with Gasteiger partial charge in [-0.15, -0.1) is 0 Å². The number of hydrogen-bond acceptors (Lipinski definition) is 5. The van der Waals surface area contributed by atoms with Crippen LogP contribution < -0.4 is 10.6 Å². The third-order valence-electron chi connectivity index (χ3n) is 3.42. The summed E-state index contributed by atoms with van der Waals surface area (Å²) in [5.41, 5.74) is 7.34. The standard InChI is InChI=1S/C13H24N4S/c1-4-17(9-5-8-16(2)3)13-11(10-6-7-10)12(14)15-18-13/h10H,4-9H2,1-3H3,(H2,14,15). The van der Waals surface area contributed by atoms with E-state index in [1.54, 1.807) is 11.5 Å². The summed E-state index contributed by atoms with van der Waals surface area (Å²) in [5.74, 6) is 1.45. The van der Waals surface area contributed by atoms with Gasteiger partial charge in [0.25, 0.3) is 0 Å². The van der Waals surface area contributed by atoms with Gasteiger partial charge in [-0.1, -0.05) is 0 Å². The minimum Gasteiger partial charge on any atom is -0.383 e. The first kappa shape index (κ1) is 13.6. The van der Waals surface area contributed by atoms with Crippen LogP contribution in [0.25, 0.3) is 0 Å². The van der Waals surface area contributed by atoms with E-state index in [0.717, 1.165) is 25.5 Å². The molecule has 1 fully saturated rings. The van der Waals surface area contributed by atoms with Gasteiger partial charge in [0.2, 0.25) is 0 Å². The van der Waals surface area contributed by atoms with E-state index in [9.17, 15) is 0 Å². The Hall–Kier alpha value is -0.810. The van der Waals surface area contributed by atoms with Gasteiger partial charge in [-0.05, 0) is 64.3 Å². The molecule has 1 aliphatic carbocycles. The van der Waals surface area contributed by atoms with Crippen molar-refractivity contribution in [3.63, 3.8) is 0 Å². The van der Waals surface area contributed by atoms with Crippen LogP contribution in [-0.2, 0) is 0 Å². The van der Waals surface area contributed by atoms with Crippen molar-refractivity contribution in [3.05, 3.63) is 5.56 Å². The van der Waals surface area contributed by atoms with E-state index in [1.807, 2.05) is 0 Å². The Kier molecular flexibility index (Phi) is 4.45. The van der Waals surface area contributed by atoms with Gasteiger partial charge in [0.05, 0.1) is 0 Å². The first-order chi connectivity index (χ1) is 8.63. The van der Waals surface area contributed by atoms with E-state index in [4.69, 9.17) is 5.73 Å². The Bertz CT molecular complexity index is 384. The fourth-order valence-corrected chi connectivity index (χ4v) is 3.25. The van der Waals surface area contributed by atoms with Gasteiger partial charge in [-0.2, -0.15) is 4.37 Å². The first-order valence-corrected chi connectivity index (χ1v) is 7.55. The average molecular weight is 268 g/mol. The molecule has 102 valence electrons. The molecule has 0 aliphatic heterocycles. The van der Waals surface area contributed by atoms with Crippen LogP contribution >= 0.6 is 11.5 Å². The number of rotatable bonds is 7. The number of hydrogen-bond donors (Lipinski definition) is 1. The molecule has 0 spiro atoms. The van der Waals surface area contributed by atoms with Gasteiger partial charge in [-0.3, -0.25) is 0 Å². The summed E-state index contributed by atoms with van der Waals surface area (Å²) in [4.78, 5) is 4.67. The molecule has 0 atom stereocenters. The van der Waals surface area contributed by atoms with Crippen LogP contribution in [0, 0.1) is 0 Å². The molecule has 1 aliphatic rings. The molecule has 2 rings (SSSR count). The quantitative estimate of drug-likeness (QED) is 0.824. The second-order valence-corrected chi connectivity index (χ2v) is 6.05. The van der Waals surface area contributed by atoms with Crippen LogP contribution in [0.1, 0.15) is 37.7 Å². The highest BCUT2D eigenvalue weighted by molar-refractivity contribution is 7.10. The molecule has 0 unspecified atom stereocenters. The smallest absolute Gasteiger partial charge is 0.142 e. The summed E-state index contributed by atoms with van der Waals surface area (Å²) >= 11 is 1.57. The van der Waals surface area contributed by atoms with Crippen molar-refractivity contribution < 1.29 is 0 Å². The molecule has 0 aromatic carbocycles. The molecule has 4 nitrogen and oxygen atoms in total. The number of nitrogen functional groups attached to an aromatic ring is 1. The molecule has 1 heterocycles. The van der Waals surface area contributed by atoms with E-state index < -0.39 is 0 Å². The Morgan fingerprint density at radius 2 is 2.06 bits per heavy atom. The van der Waals surface area contributed by atoms with E-state index in [-0.39, 0.29) is 0 Å². The molecule has 0 saturated heterocycles. The van der Waals surface area contributed by atoms with Crippen molar-refractivity contribution in [2.75, 3.05) is 44.4 Å². The van der Waals surface area contributed by atoms with Gasteiger partial charge in [0.15, 0.2) is 0 Å². The third kappa shape index (κ3) is 3.14. The zero-order chi connectivity index (χ0) is 13.1. The number of aromatic nitrogens is 1. The zero-order valence-electron chi connectivity index (χ0n) is 11.6. The third-order valence-corrected chi connectivity index (χ3v) is 4.36. The Morgan fingerprint density at radius 1 is 1.33 bits per heavy atom. The summed E-state index contributed by atoms with van der Waals surface area (Å²) in [7, 11) is 4.24. The first-order valence-electron chi connectivity index (χ1n) is 6.78. The topological polar surface area (TPSA) is 45.4 Å². The monoisotopic (exact) mass is 268 g/mol. The largest absolute Gasteiger partial charge is 0.383 e. The predicted octanol–water partition coefficient (Wildman–Crippen LogP) is 2.38. The summed E-state index contributed by atoms with van der Waals surface area (Å²) in [6, 6.07) is 0. The van der Waals surface area contributed by atoms with E-state index in [0.29, 0.717) is 5.92 Å². The number of nitrogens with two attached hydrogens (primary N) is 1. The van der Waals surface area contributed by atoms with Crippen molar-refractivity contribution in [3.8, 4) is 0 Å². The molecule has 0 amide bonds. The van der Waals surface area contributed by atoms with Crippen molar-refractivity contribution in [2.24, 2.45) is 0 Å². The fourth-order valence-electron chi connectivity index (χ4n) is 2.27. The fraction of sp³-hybridized carbons (Fsp3) is 0.769. The lowest BCUT2D eigenvalue weighted by Gasteiger charge is -2.23. The highest BCUT2D eigenvalue weighted by Gasteiger charge is 2.31. The summed E-state index contributed by atoms with van der Waals surface area (Å²) < 4.78 is 4.36. The number of nitrogens with zero attached hydrogens (tertiary/aromatic N) is 3. The molecular weight excluding hydrogens is 244 g/mol. The molecular formula is C13H24N4S. The maximum atomic E-state index is 6.02. The van der Waals surface area contributed by atoms with Crippen molar-refractivity contribution in [2.45, 2.75) is 32.1 Å². The lowest BCUT2D eigenvalue weighted by Crippen LogP contribution is -2.27. The minimum atomic E-state index is 0.682. The summed E-state index contributed by atoms with van der Waals surface area (Å²) in [5, 5.41) is 1.32. The van der Waals surface area contributed by atoms with Gasteiger partial charge in [-0.25, -0.2) is 0 Å². The van der Waals surface area contributed by atoms with Crippen LogP contribution in [-0.4, -0.2) is 43.0 Å². The average Bonchev–Trinajstić information content (AvgIpc) is 3.09. The molecule has 0 bridgehead atoms. The minimum absolute atomic E-state index is 0.682.